The summed E-state index contributed by atoms with van der Waals surface area (Å²) in [5, 5.41) is 0. The van der Waals surface area contributed by atoms with E-state index in [2.05, 4.69) is 0 Å². The molecule has 0 heterocycles. The number of amides is 1. The number of carbonyl (C=O) groups excluding carboxylic acids is 1. The van der Waals surface area contributed by atoms with Crippen molar-refractivity contribution in [3.8, 4) is 0 Å². The van der Waals surface area contributed by atoms with Gasteiger partial charge in [0.15, 0.2) is 0 Å². The second-order valence-electron chi connectivity index (χ2n) is 1.45. The maximum absolute atomic E-state index is 10.4. The van der Waals surface area contributed by atoms with Gasteiger partial charge < -0.3 is 4.90 Å². The van der Waals surface area contributed by atoms with Crippen molar-refractivity contribution in [3.05, 3.63) is 0 Å². The third-order valence-corrected chi connectivity index (χ3v) is 1.49. The molecule has 0 aliphatic carbocycles. The van der Waals surface area contributed by atoms with Gasteiger partial charge in [0.1, 0.15) is 0 Å². The third-order valence-electron chi connectivity index (χ3n) is 0.620. The number of hydrogen-bond donors (Lipinski definition) is 0. The standard InChI is InChI=1S/C4H10NOP.H3P.Y/c1-5(2)4(6)7-3;;/h7H,1-3H3;1H3;. The van der Waals surface area contributed by atoms with E-state index in [4.69, 9.17) is 0 Å². The average Bonchev–Trinajstić information content (AvgIpc) is 1.65. The van der Waals surface area contributed by atoms with Crippen molar-refractivity contribution in [2.75, 3.05) is 20.8 Å². The topological polar surface area (TPSA) is 20.3 Å². The molecule has 0 spiro atoms. The molecular formula is C4H13NOP2Y. The van der Waals surface area contributed by atoms with Gasteiger partial charge in [-0.2, -0.15) is 9.90 Å². The molecule has 0 bridgehead atoms. The molecule has 0 rings (SSSR count). The van der Waals surface area contributed by atoms with Crippen molar-refractivity contribution in [3.63, 3.8) is 0 Å². The minimum absolute atomic E-state index is 0. The molecular weight excluding hydrogens is 229 g/mol. The van der Waals surface area contributed by atoms with Gasteiger partial charge in [-0.25, -0.2) is 0 Å². The van der Waals surface area contributed by atoms with Crippen molar-refractivity contribution in [1.29, 1.82) is 0 Å². The van der Waals surface area contributed by atoms with Crippen molar-refractivity contribution in [1.82, 2.24) is 4.90 Å². The molecule has 53 valence electrons. The van der Waals surface area contributed by atoms with E-state index in [1.807, 2.05) is 6.66 Å². The largest absolute Gasteiger partial charge is 0.345 e. The van der Waals surface area contributed by atoms with E-state index in [1.165, 1.54) is 0 Å². The molecule has 2 nitrogen and oxygen atoms in total. The van der Waals surface area contributed by atoms with Crippen molar-refractivity contribution in [2.45, 2.75) is 0 Å². The van der Waals surface area contributed by atoms with E-state index < -0.39 is 0 Å². The first-order chi connectivity index (χ1) is 3.18. The summed E-state index contributed by atoms with van der Waals surface area (Å²) in [6.07, 6.45) is 0. The quantitative estimate of drug-likeness (QED) is 0.629. The van der Waals surface area contributed by atoms with Crippen LogP contribution in [0.25, 0.3) is 0 Å². The van der Waals surface area contributed by atoms with Crippen molar-refractivity contribution in [2.24, 2.45) is 0 Å². The molecule has 0 saturated heterocycles. The second-order valence-corrected chi connectivity index (χ2v) is 2.38. The van der Waals surface area contributed by atoms with Gasteiger partial charge >= 0.3 is 0 Å². The van der Waals surface area contributed by atoms with Gasteiger partial charge in [0, 0.05) is 46.8 Å². The van der Waals surface area contributed by atoms with E-state index in [1.54, 1.807) is 19.0 Å². The first-order valence-corrected chi connectivity index (χ1v) is 3.57. The Kier molecular flexibility index (Phi) is 17.6. The zero-order valence-electron chi connectivity index (χ0n) is 6.14. The molecule has 0 fully saturated rings. The fourth-order valence-corrected chi connectivity index (χ4v) is 0.671. The zero-order valence-corrected chi connectivity index (χ0v) is 11.4. The maximum atomic E-state index is 10.4. The summed E-state index contributed by atoms with van der Waals surface area (Å²) in [6.45, 7) is 1.88. The summed E-state index contributed by atoms with van der Waals surface area (Å²) in [4.78, 5) is 12.0. The van der Waals surface area contributed by atoms with Gasteiger partial charge in [0.25, 0.3) is 0 Å². The molecule has 0 aliphatic heterocycles. The van der Waals surface area contributed by atoms with E-state index in [0.717, 1.165) is 0 Å². The Balaban J connectivity index is -0.000000180. The predicted octanol–water partition coefficient (Wildman–Crippen LogP) is 1.03. The summed E-state index contributed by atoms with van der Waals surface area (Å²) >= 11 is 0. The Bertz CT molecular complexity index is 79.0. The Morgan fingerprint density at radius 3 is 1.78 bits per heavy atom. The van der Waals surface area contributed by atoms with Crippen molar-refractivity contribution < 1.29 is 37.5 Å². The van der Waals surface area contributed by atoms with E-state index >= 15 is 0 Å². The number of hydrogen-bond acceptors (Lipinski definition) is 1. The van der Waals surface area contributed by atoms with Crippen LogP contribution < -0.4 is 0 Å². The molecule has 9 heavy (non-hydrogen) atoms. The van der Waals surface area contributed by atoms with E-state index in [9.17, 15) is 4.79 Å². The molecule has 2 atom stereocenters. The SMILES string of the molecule is CPC(=O)N(C)C.P.[Y]. The third kappa shape index (κ3) is 9.43. The van der Waals surface area contributed by atoms with Crippen LogP contribution in [0.2, 0.25) is 0 Å². The normalized spacial score (nSPS) is 7.89. The van der Waals surface area contributed by atoms with Gasteiger partial charge in [-0.1, -0.05) is 0 Å². The first-order valence-electron chi connectivity index (χ1n) is 2.07. The van der Waals surface area contributed by atoms with Crippen LogP contribution in [0.5, 0.6) is 0 Å². The maximum Gasteiger partial charge on any atom is 0.239 e. The monoisotopic (exact) mass is 242 g/mol. The van der Waals surface area contributed by atoms with Gasteiger partial charge in [0.2, 0.25) is 5.65 Å². The Hall–Kier alpha value is 1.43. The van der Waals surface area contributed by atoms with Crippen LogP contribution in [0.3, 0.4) is 0 Å². The summed E-state index contributed by atoms with van der Waals surface area (Å²) < 4.78 is 0. The number of nitrogens with zero attached hydrogens (tertiary/aromatic N) is 1. The summed E-state index contributed by atoms with van der Waals surface area (Å²) in [7, 11) is 3.92. The molecule has 0 aromatic rings. The fourth-order valence-electron chi connectivity index (χ4n) is 0.224. The van der Waals surface area contributed by atoms with Crippen LogP contribution in [0.1, 0.15) is 0 Å². The van der Waals surface area contributed by atoms with Gasteiger partial charge in [0.05, 0.1) is 0 Å². The van der Waals surface area contributed by atoms with E-state index in [-0.39, 0.29) is 48.3 Å². The summed E-state index contributed by atoms with van der Waals surface area (Å²) in [6, 6.07) is 0. The Labute approximate surface area is 86.8 Å². The number of carbonyl (C=O) groups is 1. The number of rotatable bonds is 1. The second kappa shape index (κ2) is 9.43. The van der Waals surface area contributed by atoms with Crippen LogP contribution >= 0.6 is 18.5 Å². The Morgan fingerprint density at radius 1 is 1.44 bits per heavy atom. The van der Waals surface area contributed by atoms with Crippen LogP contribution in [0, 0.1) is 0 Å². The van der Waals surface area contributed by atoms with Crippen LogP contribution in [-0.4, -0.2) is 31.3 Å². The summed E-state index contributed by atoms with van der Waals surface area (Å²) in [5.74, 6) is 0. The predicted molar refractivity (Wildman–Crippen MR) is 44.4 cm³/mol. The van der Waals surface area contributed by atoms with Gasteiger partial charge in [-0.05, 0) is 15.2 Å². The smallest absolute Gasteiger partial charge is 0.239 e. The fraction of sp³-hybridized carbons (Fsp3) is 0.750. The first kappa shape index (κ1) is 16.8. The molecule has 0 saturated carbocycles. The molecule has 0 aliphatic rings. The molecule has 0 aromatic heterocycles. The molecule has 1 amide bonds. The van der Waals surface area contributed by atoms with Crippen molar-refractivity contribution >= 4 is 24.1 Å². The Morgan fingerprint density at radius 2 is 1.78 bits per heavy atom. The molecule has 2 unspecified atom stereocenters. The minimum Gasteiger partial charge on any atom is -0.345 e. The molecule has 0 aromatic carbocycles. The molecule has 0 N–H and O–H groups in total. The average molecular weight is 242 g/mol. The van der Waals surface area contributed by atoms with Gasteiger partial charge in [-0.3, -0.25) is 4.79 Å². The van der Waals surface area contributed by atoms with Crippen LogP contribution in [-0.2, 0) is 32.7 Å². The molecule has 5 heteroatoms. The summed E-state index contributed by atoms with van der Waals surface area (Å²) in [5.41, 5.74) is 0.208. The zero-order chi connectivity index (χ0) is 5.86. The van der Waals surface area contributed by atoms with Crippen LogP contribution in [0.15, 0.2) is 0 Å². The van der Waals surface area contributed by atoms with Gasteiger partial charge in [-0.15, -0.1) is 0 Å². The van der Waals surface area contributed by atoms with Crippen LogP contribution in [0.4, 0.5) is 4.79 Å². The minimum atomic E-state index is 0. The molecule has 1 radical (unpaired) electrons. The van der Waals surface area contributed by atoms with E-state index in [0.29, 0.717) is 8.58 Å².